The van der Waals surface area contributed by atoms with Gasteiger partial charge in [0.25, 0.3) is 0 Å². The number of amides is 1. The Kier molecular flexibility index (Phi) is 4.63. The third kappa shape index (κ3) is 3.44. The van der Waals surface area contributed by atoms with Crippen LogP contribution in [0.1, 0.15) is 0 Å². The lowest BCUT2D eigenvalue weighted by Gasteiger charge is -2.08. The van der Waals surface area contributed by atoms with Gasteiger partial charge in [-0.1, -0.05) is 23.9 Å². The van der Waals surface area contributed by atoms with E-state index in [1.807, 2.05) is 12.1 Å². The zero-order chi connectivity index (χ0) is 17.9. The van der Waals surface area contributed by atoms with E-state index in [0.717, 1.165) is 17.2 Å². The maximum absolute atomic E-state index is 13.4. The van der Waals surface area contributed by atoms with Crippen LogP contribution >= 0.6 is 23.5 Å². The van der Waals surface area contributed by atoms with Gasteiger partial charge < -0.3 is 5.32 Å². The number of benzene rings is 2. The van der Waals surface area contributed by atoms with E-state index >= 15 is 0 Å². The molecule has 9 heteroatoms. The summed E-state index contributed by atoms with van der Waals surface area (Å²) >= 11 is 2.38. The lowest BCUT2D eigenvalue weighted by atomic mass is 10.2. The van der Waals surface area contributed by atoms with Gasteiger partial charge in [-0.05, 0) is 30.3 Å². The van der Waals surface area contributed by atoms with Gasteiger partial charge in [0.05, 0.1) is 28.9 Å². The molecular weight excluding hydrogens is 373 g/mol. The highest BCUT2D eigenvalue weighted by Gasteiger charge is 2.12. The van der Waals surface area contributed by atoms with Crippen molar-refractivity contribution in [1.29, 1.82) is 0 Å². The average molecular weight is 385 g/mol. The van der Waals surface area contributed by atoms with Crippen LogP contribution in [0.5, 0.6) is 0 Å². The molecule has 0 radical (unpaired) electrons. The van der Waals surface area contributed by atoms with Crippen LogP contribution in [0.3, 0.4) is 0 Å². The van der Waals surface area contributed by atoms with Crippen LogP contribution in [0.2, 0.25) is 0 Å². The minimum atomic E-state index is -0.324. The van der Waals surface area contributed by atoms with Gasteiger partial charge in [-0.25, -0.2) is 9.37 Å². The monoisotopic (exact) mass is 385 g/mol. The molecule has 0 saturated carbocycles. The number of nitrogens with zero attached hydrogens (tertiary/aromatic N) is 4. The van der Waals surface area contributed by atoms with Gasteiger partial charge in [-0.2, -0.15) is 8.75 Å². The van der Waals surface area contributed by atoms with Crippen molar-refractivity contribution in [2.45, 2.75) is 5.16 Å². The first kappa shape index (κ1) is 16.7. The molecule has 4 aromatic rings. The van der Waals surface area contributed by atoms with Gasteiger partial charge in [-0.3, -0.25) is 9.36 Å². The maximum Gasteiger partial charge on any atom is 0.234 e. The molecule has 0 aliphatic heterocycles. The van der Waals surface area contributed by atoms with Crippen LogP contribution in [-0.4, -0.2) is 30.0 Å². The molecule has 0 atom stereocenters. The average Bonchev–Trinajstić information content (AvgIpc) is 3.29. The summed E-state index contributed by atoms with van der Waals surface area (Å²) < 4.78 is 23.5. The molecule has 0 bridgehead atoms. The van der Waals surface area contributed by atoms with E-state index in [9.17, 15) is 9.18 Å². The van der Waals surface area contributed by atoms with E-state index in [1.165, 1.54) is 23.9 Å². The van der Waals surface area contributed by atoms with Crippen LogP contribution in [0, 0.1) is 5.82 Å². The Morgan fingerprint density at radius 2 is 2.12 bits per heavy atom. The van der Waals surface area contributed by atoms with Crippen LogP contribution in [-0.2, 0) is 4.79 Å². The number of carbonyl (C=O) groups excluding carboxylic acids is 1. The third-order valence-electron chi connectivity index (χ3n) is 3.59. The first-order valence-electron chi connectivity index (χ1n) is 7.64. The zero-order valence-electron chi connectivity index (χ0n) is 13.3. The minimum Gasteiger partial charge on any atom is -0.323 e. The Labute approximate surface area is 156 Å². The highest BCUT2D eigenvalue weighted by atomic mass is 32.2. The standard InChI is InChI=1S/C17H12FN5OS2/c18-11-3-1-4-12(9-11)23-8-7-19-17(23)25-10-15(24)20-13-5-2-6-14-16(13)22-26-21-14/h1-9H,10H2,(H,20,24). The Hall–Kier alpha value is -2.78. The highest BCUT2D eigenvalue weighted by Crippen LogP contribution is 2.23. The molecule has 2 aromatic heterocycles. The second kappa shape index (κ2) is 7.22. The smallest absolute Gasteiger partial charge is 0.234 e. The predicted octanol–water partition coefficient (Wildman–Crippen LogP) is 3.75. The molecule has 130 valence electrons. The van der Waals surface area contributed by atoms with E-state index in [1.54, 1.807) is 35.2 Å². The summed E-state index contributed by atoms with van der Waals surface area (Å²) in [5.74, 6) is -0.334. The molecule has 0 fully saturated rings. The molecule has 1 N–H and O–H groups in total. The second-order valence-electron chi connectivity index (χ2n) is 5.33. The molecule has 0 aliphatic carbocycles. The number of carbonyl (C=O) groups is 1. The van der Waals surface area contributed by atoms with Crippen molar-refractivity contribution >= 4 is 46.1 Å². The minimum absolute atomic E-state index is 0.167. The summed E-state index contributed by atoms with van der Waals surface area (Å²) in [6.45, 7) is 0. The van der Waals surface area contributed by atoms with Crippen molar-refractivity contribution in [3.63, 3.8) is 0 Å². The topological polar surface area (TPSA) is 72.7 Å². The van der Waals surface area contributed by atoms with Crippen LogP contribution in [0.15, 0.2) is 60.0 Å². The Morgan fingerprint density at radius 3 is 3.00 bits per heavy atom. The number of imidazole rings is 1. The quantitative estimate of drug-likeness (QED) is 0.530. The predicted molar refractivity (Wildman–Crippen MR) is 100 cm³/mol. The normalized spacial score (nSPS) is 11.0. The van der Waals surface area contributed by atoms with Gasteiger partial charge in [0.1, 0.15) is 16.9 Å². The molecule has 2 aromatic carbocycles. The molecule has 6 nitrogen and oxygen atoms in total. The lowest BCUT2D eigenvalue weighted by Crippen LogP contribution is -2.14. The first-order valence-corrected chi connectivity index (χ1v) is 9.35. The van der Waals surface area contributed by atoms with Crippen LogP contribution in [0.25, 0.3) is 16.7 Å². The van der Waals surface area contributed by atoms with E-state index in [0.29, 0.717) is 22.0 Å². The fourth-order valence-corrected chi connectivity index (χ4v) is 3.77. The number of fused-ring (bicyclic) bond motifs is 1. The summed E-state index contributed by atoms with van der Waals surface area (Å²) in [6, 6.07) is 11.7. The van der Waals surface area contributed by atoms with Crippen molar-refractivity contribution in [3.8, 4) is 5.69 Å². The zero-order valence-corrected chi connectivity index (χ0v) is 14.9. The fraction of sp³-hybridized carbons (Fsp3) is 0.0588. The number of hydrogen-bond donors (Lipinski definition) is 1. The fourth-order valence-electron chi connectivity index (χ4n) is 2.44. The van der Waals surface area contributed by atoms with Crippen molar-refractivity contribution in [1.82, 2.24) is 18.3 Å². The molecule has 2 heterocycles. The van der Waals surface area contributed by atoms with E-state index in [4.69, 9.17) is 0 Å². The molecule has 0 saturated heterocycles. The van der Waals surface area contributed by atoms with Gasteiger partial charge in [-0.15, -0.1) is 0 Å². The number of rotatable bonds is 5. The SMILES string of the molecule is O=C(CSc1nccn1-c1cccc(F)c1)Nc1cccc2nsnc12. The number of anilines is 1. The van der Waals surface area contributed by atoms with Crippen molar-refractivity contribution in [3.05, 3.63) is 60.7 Å². The van der Waals surface area contributed by atoms with Gasteiger partial charge >= 0.3 is 0 Å². The number of nitrogens with one attached hydrogen (secondary N) is 1. The Balaban J connectivity index is 1.46. The molecule has 4 rings (SSSR count). The van der Waals surface area contributed by atoms with Gasteiger partial charge in [0.15, 0.2) is 5.16 Å². The molecule has 26 heavy (non-hydrogen) atoms. The summed E-state index contributed by atoms with van der Waals surface area (Å²) in [6.07, 6.45) is 3.35. The van der Waals surface area contributed by atoms with Crippen LogP contribution in [0.4, 0.5) is 10.1 Å². The molecular formula is C17H12FN5OS2. The first-order chi connectivity index (χ1) is 12.7. The summed E-state index contributed by atoms with van der Waals surface area (Å²) in [4.78, 5) is 16.5. The van der Waals surface area contributed by atoms with E-state index in [-0.39, 0.29) is 17.5 Å². The Morgan fingerprint density at radius 1 is 1.23 bits per heavy atom. The van der Waals surface area contributed by atoms with E-state index < -0.39 is 0 Å². The van der Waals surface area contributed by atoms with E-state index in [2.05, 4.69) is 19.0 Å². The molecule has 1 amide bonds. The van der Waals surface area contributed by atoms with Crippen LogP contribution < -0.4 is 5.32 Å². The van der Waals surface area contributed by atoms with Crippen molar-refractivity contribution in [2.75, 3.05) is 11.1 Å². The maximum atomic E-state index is 13.4. The number of hydrogen-bond acceptors (Lipinski definition) is 6. The summed E-state index contributed by atoms with van der Waals surface area (Å²) in [5.41, 5.74) is 2.72. The van der Waals surface area contributed by atoms with Crippen molar-refractivity contribution < 1.29 is 9.18 Å². The molecule has 0 aliphatic rings. The lowest BCUT2D eigenvalue weighted by molar-refractivity contribution is -0.113. The molecule has 0 unspecified atom stereocenters. The largest absolute Gasteiger partial charge is 0.323 e. The third-order valence-corrected chi connectivity index (χ3v) is 5.10. The van der Waals surface area contributed by atoms with Crippen molar-refractivity contribution in [2.24, 2.45) is 0 Å². The Bertz CT molecular complexity index is 1080. The van der Waals surface area contributed by atoms with Gasteiger partial charge in [0.2, 0.25) is 5.91 Å². The summed E-state index contributed by atoms with van der Waals surface area (Å²) in [5, 5.41) is 3.46. The molecule has 0 spiro atoms. The highest BCUT2D eigenvalue weighted by molar-refractivity contribution is 7.99. The van der Waals surface area contributed by atoms with Gasteiger partial charge in [0, 0.05) is 12.4 Å². The number of aromatic nitrogens is 4. The number of thioether (sulfide) groups is 1. The summed E-state index contributed by atoms with van der Waals surface area (Å²) in [7, 11) is 0. The number of halogens is 1. The second-order valence-corrected chi connectivity index (χ2v) is 6.81.